The number of hydrogen-bond donors (Lipinski definition) is 0. The third-order valence-corrected chi connectivity index (χ3v) is 4.45. The minimum atomic E-state index is -0.611. The van der Waals surface area contributed by atoms with Gasteiger partial charge >= 0.3 is 0 Å². The van der Waals surface area contributed by atoms with Crippen LogP contribution in [0.3, 0.4) is 0 Å². The molecule has 0 saturated carbocycles. The minimum absolute atomic E-state index is 0.0842. The number of carbonyl (C=O) groups excluding carboxylic acids is 1. The van der Waals surface area contributed by atoms with Crippen LogP contribution in [0.25, 0.3) is 0 Å². The molecule has 1 atom stereocenters. The summed E-state index contributed by atoms with van der Waals surface area (Å²) >= 11 is 12.7. The maximum Gasteiger partial charge on any atom is 0.177 e. The van der Waals surface area contributed by atoms with Crippen LogP contribution in [0, 0.1) is 11.6 Å². The van der Waals surface area contributed by atoms with Gasteiger partial charge in [0.25, 0.3) is 0 Å². The fourth-order valence-electron chi connectivity index (χ4n) is 1.72. The number of halogens is 4. The van der Waals surface area contributed by atoms with E-state index in [9.17, 15) is 13.6 Å². The van der Waals surface area contributed by atoms with Gasteiger partial charge in [-0.05, 0) is 43.3 Å². The molecule has 0 amide bonds. The number of benzene rings is 2. The summed E-state index contributed by atoms with van der Waals surface area (Å²) in [5.74, 6) is -1.39. The Hall–Kier alpha value is -1.10. The predicted octanol–water partition coefficient (Wildman–Crippen LogP) is 5.64. The highest BCUT2D eigenvalue weighted by atomic mass is 35.5. The van der Waals surface area contributed by atoms with Crippen LogP contribution in [0.5, 0.6) is 0 Å². The van der Waals surface area contributed by atoms with Crippen molar-refractivity contribution in [1.29, 1.82) is 0 Å². The number of Topliss-reactive ketones (excluding diaryl/α,β-unsaturated/α-hetero) is 1. The first-order chi connectivity index (χ1) is 9.88. The van der Waals surface area contributed by atoms with Gasteiger partial charge in [-0.15, -0.1) is 11.8 Å². The molecule has 0 bridgehead atoms. The third-order valence-electron chi connectivity index (χ3n) is 2.76. The fraction of sp³-hybridized carbons (Fsp3) is 0.133. The smallest absolute Gasteiger partial charge is 0.177 e. The molecule has 0 aliphatic carbocycles. The van der Waals surface area contributed by atoms with Gasteiger partial charge in [0.05, 0.1) is 10.3 Å². The molecule has 0 N–H and O–H groups in total. The molecule has 0 aliphatic rings. The van der Waals surface area contributed by atoms with Crippen LogP contribution in [0.15, 0.2) is 41.3 Å². The molecule has 21 heavy (non-hydrogen) atoms. The van der Waals surface area contributed by atoms with Gasteiger partial charge in [-0.25, -0.2) is 8.78 Å². The first kappa shape index (κ1) is 16.3. The van der Waals surface area contributed by atoms with Gasteiger partial charge in [-0.1, -0.05) is 23.2 Å². The van der Waals surface area contributed by atoms with Crippen molar-refractivity contribution in [1.82, 2.24) is 0 Å². The average molecular weight is 347 g/mol. The molecule has 6 heteroatoms. The van der Waals surface area contributed by atoms with Crippen LogP contribution >= 0.6 is 35.0 Å². The quantitative estimate of drug-likeness (QED) is 0.526. The maximum absolute atomic E-state index is 13.6. The highest BCUT2D eigenvalue weighted by molar-refractivity contribution is 8.00. The van der Waals surface area contributed by atoms with Gasteiger partial charge < -0.3 is 0 Å². The summed E-state index contributed by atoms with van der Waals surface area (Å²) in [7, 11) is 0. The molecule has 1 unspecified atom stereocenters. The Labute approximate surface area is 135 Å². The van der Waals surface area contributed by atoms with Gasteiger partial charge in [0.15, 0.2) is 5.78 Å². The molecule has 2 rings (SSSR count). The number of thioether (sulfide) groups is 1. The van der Waals surface area contributed by atoms with Crippen molar-refractivity contribution in [3.05, 3.63) is 63.6 Å². The Morgan fingerprint density at radius 2 is 1.86 bits per heavy atom. The second kappa shape index (κ2) is 6.77. The first-order valence-electron chi connectivity index (χ1n) is 5.99. The third kappa shape index (κ3) is 3.96. The van der Waals surface area contributed by atoms with Crippen LogP contribution in [0.2, 0.25) is 10.0 Å². The van der Waals surface area contributed by atoms with E-state index in [4.69, 9.17) is 23.2 Å². The van der Waals surface area contributed by atoms with Crippen molar-refractivity contribution in [2.75, 3.05) is 0 Å². The summed E-state index contributed by atoms with van der Waals surface area (Å²) in [6, 6.07) is 7.67. The molecule has 0 saturated heterocycles. The lowest BCUT2D eigenvalue weighted by Gasteiger charge is -2.12. The topological polar surface area (TPSA) is 17.1 Å². The summed E-state index contributed by atoms with van der Waals surface area (Å²) in [5, 5.41) is 0.0488. The van der Waals surface area contributed by atoms with Gasteiger partial charge in [-0.3, -0.25) is 4.79 Å². The summed E-state index contributed by atoms with van der Waals surface area (Å²) in [5.41, 5.74) is 0.304. The Morgan fingerprint density at radius 1 is 1.14 bits per heavy atom. The Bertz CT molecular complexity index is 691. The molecule has 2 aromatic rings. The van der Waals surface area contributed by atoms with Crippen LogP contribution < -0.4 is 0 Å². The van der Waals surface area contributed by atoms with E-state index in [1.165, 1.54) is 12.1 Å². The van der Waals surface area contributed by atoms with Crippen LogP contribution in [-0.2, 0) is 0 Å². The van der Waals surface area contributed by atoms with Crippen molar-refractivity contribution in [3.63, 3.8) is 0 Å². The van der Waals surface area contributed by atoms with E-state index in [1.807, 2.05) is 0 Å². The standard InChI is InChI=1S/C15H10Cl2F2OS/c1-8(21-14-7-10(18)3-5-13(14)19)15(20)11-4-2-9(16)6-12(11)17/h2-8H,1H3. The number of ketones is 1. The van der Waals surface area contributed by atoms with Crippen molar-refractivity contribution in [3.8, 4) is 0 Å². The van der Waals surface area contributed by atoms with Crippen molar-refractivity contribution < 1.29 is 13.6 Å². The fourth-order valence-corrected chi connectivity index (χ4v) is 3.20. The minimum Gasteiger partial charge on any atom is -0.293 e. The highest BCUT2D eigenvalue weighted by Gasteiger charge is 2.20. The molecule has 0 aromatic heterocycles. The van der Waals surface area contributed by atoms with Crippen molar-refractivity contribution >= 4 is 40.7 Å². The maximum atomic E-state index is 13.6. The van der Waals surface area contributed by atoms with Crippen LogP contribution in [-0.4, -0.2) is 11.0 Å². The normalized spacial score (nSPS) is 12.2. The van der Waals surface area contributed by atoms with Gasteiger partial charge in [0, 0.05) is 15.5 Å². The molecular formula is C15H10Cl2F2OS. The largest absolute Gasteiger partial charge is 0.293 e. The molecule has 0 fully saturated rings. The Balaban J connectivity index is 2.21. The van der Waals surface area contributed by atoms with E-state index in [-0.39, 0.29) is 15.7 Å². The zero-order valence-electron chi connectivity index (χ0n) is 10.9. The molecule has 0 aliphatic heterocycles. The van der Waals surface area contributed by atoms with E-state index in [2.05, 4.69) is 0 Å². The lowest BCUT2D eigenvalue weighted by molar-refractivity contribution is 0.0994. The Kier molecular flexibility index (Phi) is 5.25. The zero-order chi connectivity index (χ0) is 15.6. The van der Waals surface area contributed by atoms with Crippen molar-refractivity contribution in [2.24, 2.45) is 0 Å². The average Bonchev–Trinajstić information content (AvgIpc) is 2.42. The predicted molar refractivity (Wildman–Crippen MR) is 82.5 cm³/mol. The summed E-state index contributed by atoms with van der Waals surface area (Å²) in [6.45, 7) is 1.61. The number of hydrogen-bond acceptors (Lipinski definition) is 2. The van der Waals surface area contributed by atoms with E-state index in [0.29, 0.717) is 10.6 Å². The lowest BCUT2D eigenvalue weighted by atomic mass is 10.1. The molecular weight excluding hydrogens is 337 g/mol. The monoisotopic (exact) mass is 346 g/mol. The number of rotatable bonds is 4. The van der Waals surface area contributed by atoms with E-state index in [0.717, 1.165) is 30.0 Å². The van der Waals surface area contributed by atoms with E-state index < -0.39 is 16.9 Å². The SMILES string of the molecule is CC(Sc1cc(F)ccc1F)C(=O)c1ccc(Cl)cc1Cl. The zero-order valence-corrected chi connectivity index (χ0v) is 13.2. The molecule has 0 spiro atoms. The summed E-state index contributed by atoms with van der Waals surface area (Å²) in [4.78, 5) is 12.4. The molecule has 110 valence electrons. The molecule has 1 nitrogen and oxygen atoms in total. The van der Waals surface area contributed by atoms with Gasteiger partial charge in [-0.2, -0.15) is 0 Å². The molecule has 0 radical (unpaired) electrons. The second-order valence-electron chi connectivity index (χ2n) is 4.32. The van der Waals surface area contributed by atoms with Gasteiger partial charge in [0.1, 0.15) is 11.6 Å². The van der Waals surface area contributed by atoms with Crippen LogP contribution in [0.4, 0.5) is 8.78 Å². The van der Waals surface area contributed by atoms with E-state index in [1.54, 1.807) is 13.0 Å². The number of carbonyl (C=O) groups is 1. The van der Waals surface area contributed by atoms with Crippen LogP contribution in [0.1, 0.15) is 17.3 Å². The molecule has 0 heterocycles. The summed E-state index contributed by atoms with van der Waals surface area (Å²) < 4.78 is 26.7. The van der Waals surface area contributed by atoms with Crippen molar-refractivity contribution in [2.45, 2.75) is 17.1 Å². The summed E-state index contributed by atoms with van der Waals surface area (Å²) in [6.07, 6.45) is 0. The lowest BCUT2D eigenvalue weighted by Crippen LogP contribution is -2.14. The highest BCUT2D eigenvalue weighted by Crippen LogP contribution is 2.31. The van der Waals surface area contributed by atoms with Gasteiger partial charge in [0.2, 0.25) is 0 Å². The Morgan fingerprint density at radius 3 is 2.52 bits per heavy atom. The first-order valence-corrected chi connectivity index (χ1v) is 7.63. The molecule has 2 aromatic carbocycles. The van der Waals surface area contributed by atoms with E-state index >= 15 is 0 Å². The second-order valence-corrected chi connectivity index (χ2v) is 6.55.